The van der Waals surface area contributed by atoms with Gasteiger partial charge in [-0.05, 0) is 30.9 Å². The van der Waals surface area contributed by atoms with Crippen LogP contribution in [-0.4, -0.2) is 6.26 Å². The first-order valence-corrected chi connectivity index (χ1v) is 6.14. The van der Waals surface area contributed by atoms with Gasteiger partial charge < -0.3 is 5.73 Å². The van der Waals surface area contributed by atoms with Crippen molar-refractivity contribution in [1.29, 1.82) is 0 Å². The van der Waals surface area contributed by atoms with Gasteiger partial charge in [0.1, 0.15) is 0 Å². The molecule has 0 radical (unpaired) electrons. The summed E-state index contributed by atoms with van der Waals surface area (Å²) in [5, 5.41) is 3.20. The van der Waals surface area contributed by atoms with Gasteiger partial charge in [0.2, 0.25) is 0 Å². The minimum atomic E-state index is 0.898. The monoisotopic (exact) mass is 209 g/mol. The van der Waals surface area contributed by atoms with Crippen molar-refractivity contribution >= 4 is 38.9 Å². The van der Waals surface area contributed by atoms with Crippen molar-refractivity contribution in [2.24, 2.45) is 0 Å². The van der Waals surface area contributed by atoms with Gasteiger partial charge in [0.25, 0.3) is 0 Å². The summed E-state index contributed by atoms with van der Waals surface area (Å²) in [6.07, 6.45) is 2.09. The molecule has 2 aromatic rings. The number of nitrogen functional groups attached to an aromatic ring is 1. The molecule has 2 rings (SSSR count). The van der Waals surface area contributed by atoms with E-state index in [1.54, 1.807) is 23.1 Å². The lowest BCUT2D eigenvalue weighted by Crippen LogP contribution is -1.82. The van der Waals surface area contributed by atoms with Gasteiger partial charge in [-0.3, -0.25) is 0 Å². The van der Waals surface area contributed by atoms with Crippen LogP contribution in [-0.2, 0) is 0 Å². The summed E-state index contributed by atoms with van der Waals surface area (Å²) in [7, 11) is 0. The molecule has 2 N–H and O–H groups in total. The van der Waals surface area contributed by atoms with Crippen LogP contribution in [0.4, 0.5) is 5.69 Å². The molecule has 0 saturated heterocycles. The predicted octanol–water partition coefficient (Wildman–Crippen LogP) is 3.51. The molecule has 0 amide bonds. The number of fused-ring (bicyclic) bond motifs is 1. The van der Waals surface area contributed by atoms with E-state index >= 15 is 0 Å². The van der Waals surface area contributed by atoms with Gasteiger partial charge in [-0.25, -0.2) is 0 Å². The van der Waals surface area contributed by atoms with Gasteiger partial charge >= 0.3 is 0 Å². The normalized spacial score (nSPS) is 10.9. The lowest BCUT2D eigenvalue weighted by Gasteiger charge is -2.02. The van der Waals surface area contributed by atoms with Crippen LogP contribution in [0.15, 0.2) is 22.4 Å². The maximum absolute atomic E-state index is 5.85. The lowest BCUT2D eigenvalue weighted by atomic mass is 10.2. The average Bonchev–Trinajstić information content (AvgIpc) is 2.46. The fourth-order valence-corrected chi connectivity index (χ4v) is 2.94. The number of rotatable bonds is 1. The molecule has 1 nitrogen and oxygen atoms in total. The number of benzene rings is 1. The van der Waals surface area contributed by atoms with Crippen molar-refractivity contribution in [3.63, 3.8) is 0 Å². The van der Waals surface area contributed by atoms with Crippen molar-refractivity contribution in [2.75, 3.05) is 12.0 Å². The highest BCUT2D eigenvalue weighted by atomic mass is 32.2. The van der Waals surface area contributed by atoms with Gasteiger partial charge in [0.15, 0.2) is 0 Å². The molecule has 1 aromatic heterocycles. The Kier molecular flexibility index (Phi) is 2.22. The quantitative estimate of drug-likeness (QED) is 0.727. The summed E-state index contributed by atoms with van der Waals surface area (Å²) in [6.45, 7) is 2.14. The van der Waals surface area contributed by atoms with Gasteiger partial charge in [-0.15, -0.1) is 23.1 Å². The van der Waals surface area contributed by atoms with Gasteiger partial charge in [-0.2, -0.15) is 0 Å². The lowest BCUT2D eigenvalue weighted by molar-refractivity contribution is 1.34. The summed E-state index contributed by atoms with van der Waals surface area (Å²) >= 11 is 3.48. The van der Waals surface area contributed by atoms with E-state index in [4.69, 9.17) is 5.73 Å². The summed E-state index contributed by atoms with van der Waals surface area (Å²) in [5.74, 6) is 0. The molecule has 0 aliphatic heterocycles. The first kappa shape index (κ1) is 8.91. The van der Waals surface area contributed by atoms with E-state index in [0.717, 1.165) is 5.69 Å². The van der Waals surface area contributed by atoms with E-state index in [2.05, 4.69) is 25.3 Å². The van der Waals surface area contributed by atoms with Crippen LogP contribution in [0.3, 0.4) is 0 Å². The third-order valence-electron chi connectivity index (χ3n) is 2.12. The van der Waals surface area contributed by atoms with Crippen LogP contribution in [0, 0.1) is 6.92 Å². The maximum atomic E-state index is 5.85. The van der Waals surface area contributed by atoms with Crippen molar-refractivity contribution in [3.05, 3.63) is 23.1 Å². The molecule has 0 aliphatic rings. The summed E-state index contributed by atoms with van der Waals surface area (Å²) in [6, 6.07) is 4.39. The number of thioether (sulfide) groups is 1. The molecule has 0 unspecified atom stereocenters. The Morgan fingerprint density at radius 3 is 2.85 bits per heavy atom. The van der Waals surface area contributed by atoms with E-state index in [1.807, 2.05) is 5.38 Å². The summed E-state index contributed by atoms with van der Waals surface area (Å²) in [5.41, 5.74) is 8.08. The Hall–Kier alpha value is -0.670. The second kappa shape index (κ2) is 3.24. The molecule has 3 heteroatoms. The van der Waals surface area contributed by atoms with Crippen molar-refractivity contribution in [3.8, 4) is 0 Å². The largest absolute Gasteiger partial charge is 0.398 e. The van der Waals surface area contributed by atoms with E-state index in [-0.39, 0.29) is 0 Å². The number of anilines is 1. The topological polar surface area (TPSA) is 26.0 Å². The fourth-order valence-electron chi connectivity index (χ4n) is 1.40. The second-order valence-corrected chi connectivity index (χ2v) is 4.77. The van der Waals surface area contributed by atoms with Crippen LogP contribution in [0.1, 0.15) is 5.56 Å². The molecule has 1 heterocycles. The van der Waals surface area contributed by atoms with Crippen LogP contribution in [0.5, 0.6) is 0 Å². The molecule has 13 heavy (non-hydrogen) atoms. The van der Waals surface area contributed by atoms with Crippen LogP contribution in [0.2, 0.25) is 0 Å². The van der Waals surface area contributed by atoms with Crippen LogP contribution in [0.25, 0.3) is 10.1 Å². The molecule has 0 bridgehead atoms. The zero-order valence-electron chi connectivity index (χ0n) is 7.63. The summed E-state index contributed by atoms with van der Waals surface area (Å²) in [4.78, 5) is 1.32. The highest BCUT2D eigenvalue weighted by Gasteiger charge is 2.04. The van der Waals surface area contributed by atoms with Crippen molar-refractivity contribution in [2.45, 2.75) is 11.8 Å². The van der Waals surface area contributed by atoms with Gasteiger partial charge in [0, 0.05) is 20.4 Å². The molecule has 0 spiro atoms. The highest BCUT2D eigenvalue weighted by Crippen LogP contribution is 2.33. The molecule has 1 aromatic carbocycles. The number of thiophene rings is 1. The molecule has 68 valence electrons. The smallest absolute Gasteiger partial charge is 0.0503 e. The van der Waals surface area contributed by atoms with Crippen molar-refractivity contribution in [1.82, 2.24) is 0 Å². The number of hydrogen-bond acceptors (Lipinski definition) is 3. The standard InChI is InChI=1S/C10H11NS2/c1-6-3-10-7(4-9(6)12-2)8(11)5-13-10/h3-5H,11H2,1-2H3. The fraction of sp³-hybridized carbons (Fsp3) is 0.200. The average molecular weight is 209 g/mol. The van der Waals surface area contributed by atoms with E-state index in [9.17, 15) is 0 Å². The van der Waals surface area contributed by atoms with Crippen LogP contribution < -0.4 is 5.73 Å². The number of nitrogens with two attached hydrogens (primary N) is 1. The first-order valence-electron chi connectivity index (χ1n) is 4.03. The van der Waals surface area contributed by atoms with Gasteiger partial charge in [-0.1, -0.05) is 0 Å². The molecular formula is C10H11NS2. The van der Waals surface area contributed by atoms with E-state index in [0.29, 0.717) is 0 Å². The summed E-state index contributed by atoms with van der Waals surface area (Å²) < 4.78 is 1.28. The zero-order valence-corrected chi connectivity index (χ0v) is 9.26. The Morgan fingerprint density at radius 1 is 1.38 bits per heavy atom. The predicted molar refractivity (Wildman–Crippen MR) is 62.8 cm³/mol. The van der Waals surface area contributed by atoms with Gasteiger partial charge in [0.05, 0.1) is 5.69 Å². The zero-order chi connectivity index (χ0) is 9.42. The highest BCUT2D eigenvalue weighted by molar-refractivity contribution is 7.98. The molecule has 0 atom stereocenters. The minimum absolute atomic E-state index is 0.898. The Morgan fingerprint density at radius 2 is 2.15 bits per heavy atom. The second-order valence-electron chi connectivity index (χ2n) is 3.01. The maximum Gasteiger partial charge on any atom is 0.0503 e. The molecule has 0 aliphatic carbocycles. The molecular weight excluding hydrogens is 198 g/mol. The first-order chi connectivity index (χ1) is 6.22. The minimum Gasteiger partial charge on any atom is -0.398 e. The molecule has 0 saturated carbocycles. The Balaban J connectivity index is 2.77. The number of aryl methyl sites for hydroxylation is 1. The third kappa shape index (κ3) is 1.42. The Bertz CT molecular complexity index is 445. The molecule has 0 fully saturated rings. The third-order valence-corrected chi connectivity index (χ3v) is 3.96. The number of hydrogen-bond donors (Lipinski definition) is 1. The van der Waals surface area contributed by atoms with E-state index < -0.39 is 0 Å². The van der Waals surface area contributed by atoms with Crippen molar-refractivity contribution < 1.29 is 0 Å². The van der Waals surface area contributed by atoms with Crippen LogP contribution >= 0.6 is 23.1 Å². The van der Waals surface area contributed by atoms with E-state index in [1.165, 1.54) is 20.5 Å². The Labute approximate surface area is 85.9 Å². The SMILES string of the molecule is CSc1cc2c(N)csc2cc1C.